The Morgan fingerprint density at radius 1 is 1.21 bits per heavy atom. The van der Waals surface area contributed by atoms with Crippen LogP contribution in [0.4, 0.5) is 0 Å². The number of sulfone groups is 1. The highest BCUT2D eigenvalue weighted by Gasteiger charge is 2.28. The van der Waals surface area contributed by atoms with E-state index in [0.29, 0.717) is 18.6 Å². The molecule has 0 aromatic rings. The van der Waals surface area contributed by atoms with Gasteiger partial charge in [0.1, 0.15) is 0 Å². The molecular weight excluding hydrogens is 264 g/mol. The van der Waals surface area contributed by atoms with E-state index in [0.717, 1.165) is 39.1 Å². The van der Waals surface area contributed by atoms with Crippen molar-refractivity contribution < 1.29 is 13.2 Å². The van der Waals surface area contributed by atoms with Crippen molar-refractivity contribution in [2.45, 2.75) is 26.2 Å². The second kappa shape index (κ2) is 6.22. The molecule has 110 valence electrons. The lowest BCUT2D eigenvalue weighted by molar-refractivity contribution is -0.133. The molecule has 1 unspecified atom stereocenters. The van der Waals surface area contributed by atoms with E-state index < -0.39 is 9.84 Å². The number of carbonyl (C=O) groups excluding carboxylic acids is 1. The van der Waals surface area contributed by atoms with Crippen LogP contribution in [0.2, 0.25) is 0 Å². The molecule has 6 heteroatoms. The van der Waals surface area contributed by atoms with Gasteiger partial charge in [-0.25, -0.2) is 8.42 Å². The van der Waals surface area contributed by atoms with Crippen LogP contribution in [0.15, 0.2) is 0 Å². The molecule has 0 aromatic carbocycles. The molecule has 1 amide bonds. The van der Waals surface area contributed by atoms with Crippen LogP contribution in [0.1, 0.15) is 26.2 Å². The van der Waals surface area contributed by atoms with E-state index in [2.05, 4.69) is 11.8 Å². The predicted octanol–water partition coefficient (Wildman–Crippen LogP) is 0.365. The van der Waals surface area contributed by atoms with E-state index in [1.807, 2.05) is 4.90 Å². The van der Waals surface area contributed by atoms with Gasteiger partial charge in [0.05, 0.1) is 11.5 Å². The van der Waals surface area contributed by atoms with Gasteiger partial charge in [0.2, 0.25) is 5.91 Å². The average Bonchev–Trinajstić information content (AvgIpc) is 2.37. The van der Waals surface area contributed by atoms with E-state index >= 15 is 0 Å². The summed E-state index contributed by atoms with van der Waals surface area (Å²) in [5.74, 6) is 0.675. The number of piperazine rings is 1. The van der Waals surface area contributed by atoms with Crippen molar-refractivity contribution in [3.8, 4) is 0 Å². The maximum atomic E-state index is 12.2. The van der Waals surface area contributed by atoms with Gasteiger partial charge in [0.25, 0.3) is 0 Å². The van der Waals surface area contributed by atoms with Crippen LogP contribution in [-0.4, -0.2) is 68.4 Å². The van der Waals surface area contributed by atoms with Crippen LogP contribution in [0.5, 0.6) is 0 Å². The molecule has 0 radical (unpaired) electrons. The van der Waals surface area contributed by atoms with Crippen molar-refractivity contribution in [2.24, 2.45) is 5.92 Å². The third-order valence-corrected chi connectivity index (χ3v) is 6.08. The lowest BCUT2D eigenvalue weighted by Gasteiger charge is -2.35. The molecule has 5 nitrogen and oxygen atoms in total. The SMILES string of the molecule is CCN1CCN(C(=O)CC2CCCS(=O)(=O)C2)CC1. The molecule has 2 heterocycles. The van der Waals surface area contributed by atoms with E-state index in [4.69, 9.17) is 0 Å². The summed E-state index contributed by atoms with van der Waals surface area (Å²) in [5.41, 5.74) is 0. The first-order valence-corrected chi connectivity index (χ1v) is 9.03. The lowest BCUT2D eigenvalue weighted by atomic mass is 10.0. The fourth-order valence-electron chi connectivity index (χ4n) is 2.97. The van der Waals surface area contributed by atoms with E-state index in [1.54, 1.807) is 0 Å². The molecule has 2 aliphatic rings. The Balaban J connectivity index is 1.81. The minimum absolute atomic E-state index is 0.0375. The second-order valence-corrected chi connectivity index (χ2v) is 7.87. The molecule has 0 N–H and O–H groups in total. The first kappa shape index (κ1) is 14.8. The van der Waals surface area contributed by atoms with Gasteiger partial charge in [0.15, 0.2) is 9.84 Å². The molecule has 2 fully saturated rings. The molecule has 0 saturated carbocycles. The number of amides is 1. The van der Waals surface area contributed by atoms with Gasteiger partial charge in [-0.1, -0.05) is 6.92 Å². The molecule has 0 spiro atoms. The number of likely N-dealkylation sites (N-methyl/N-ethyl adjacent to an activating group) is 1. The third-order valence-electron chi connectivity index (χ3n) is 4.19. The summed E-state index contributed by atoms with van der Waals surface area (Å²) in [6.07, 6.45) is 2.00. The number of nitrogens with zero attached hydrogens (tertiary/aromatic N) is 2. The summed E-state index contributed by atoms with van der Waals surface area (Å²) in [6, 6.07) is 0. The zero-order valence-electron chi connectivity index (χ0n) is 11.7. The second-order valence-electron chi connectivity index (χ2n) is 5.64. The Bertz CT molecular complexity index is 414. The van der Waals surface area contributed by atoms with Gasteiger partial charge in [-0.3, -0.25) is 4.79 Å². The Morgan fingerprint density at radius 2 is 1.89 bits per heavy atom. The zero-order chi connectivity index (χ0) is 13.9. The monoisotopic (exact) mass is 288 g/mol. The fourth-order valence-corrected chi connectivity index (χ4v) is 4.74. The number of rotatable bonds is 3. The Labute approximate surface area is 115 Å². The number of carbonyl (C=O) groups is 1. The first-order chi connectivity index (χ1) is 9.00. The van der Waals surface area contributed by atoms with Crippen LogP contribution in [0.3, 0.4) is 0 Å². The van der Waals surface area contributed by atoms with Crippen molar-refractivity contribution in [3.63, 3.8) is 0 Å². The molecule has 0 aromatic heterocycles. The number of hydrogen-bond acceptors (Lipinski definition) is 4. The van der Waals surface area contributed by atoms with Gasteiger partial charge in [0, 0.05) is 32.6 Å². The van der Waals surface area contributed by atoms with E-state index in [1.165, 1.54) is 0 Å². The minimum atomic E-state index is -2.90. The molecule has 2 aliphatic heterocycles. The molecule has 0 aliphatic carbocycles. The van der Waals surface area contributed by atoms with Crippen molar-refractivity contribution in [1.82, 2.24) is 9.80 Å². The zero-order valence-corrected chi connectivity index (χ0v) is 12.5. The smallest absolute Gasteiger partial charge is 0.222 e. The Hall–Kier alpha value is -0.620. The molecule has 1 atom stereocenters. The lowest BCUT2D eigenvalue weighted by Crippen LogP contribution is -2.49. The normalized spacial score (nSPS) is 28.3. The molecular formula is C13H24N2O3S. The molecule has 2 saturated heterocycles. The summed E-state index contributed by atoms with van der Waals surface area (Å²) in [6.45, 7) is 6.60. The Kier molecular flexibility index (Phi) is 4.84. The molecule has 2 rings (SSSR count). The van der Waals surface area contributed by atoms with Gasteiger partial charge in [-0.2, -0.15) is 0 Å². The largest absolute Gasteiger partial charge is 0.340 e. The highest BCUT2D eigenvalue weighted by atomic mass is 32.2. The number of hydrogen-bond donors (Lipinski definition) is 0. The van der Waals surface area contributed by atoms with Crippen molar-refractivity contribution in [2.75, 3.05) is 44.2 Å². The highest BCUT2D eigenvalue weighted by molar-refractivity contribution is 7.91. The summed E-state index contributed by atoms with van der Waals surface area (Å²) in [7, 11) is -2.90. The van der Waals surface area contributed by atoms with Crippen LogP contribution < -0.4 is 0 Å². The van der Waals surface area contributed by atoms with Gasteiger partial charge in [-0.05, 0) is 25.3 Å². The highest BCUT2D eigenvalue weighted by Crippen LogP contribution is 2.22. The summed E-state index contributed by atoms with van der Waals surface area (Å²) >= 11 is 0. The summed E-state index contributed by atoms with van der Waals surface area (Å²) in [5, 5.41) is 0. The molecule has 19 heavy (non-hydrogen) atoms. The fraction of sp³-hybridized carbons (Fsp3) is 0.923. The summed E-state index contributed by atoms with van der Waals surface area (Å²) in [4.78, 5) is 16.4. The third kappa shape index (κ3) is 4.18. The maximum Gasteiger partial charge on any atom is 0.222 e. The van der Waals surface area contributed by atoms with Crippen LogP contribution in [0, 0.1) is 5.92 Å². The maximum absolute atomic E-state index is 12.2. The first-order valence-electron chi connectivity index (χ1n) is 7.20. The van der Waals surface area contributed by atoms with Crippen LogP contribution >= 0.6 is 0 Å². The van der Waals surface area contributed by atoms with Gasteiger partial charge >= 0.3 is 0 Å². The standard InChI is InChI=1S/C13H24N2O3S/c1-2-14-5-7-15(8-6-14)13(16)10-12-4-3-9-19(17,18)11-12/h12H,2-11H2,1H3. The summed E-state index contributed by atoms with van der Waals surface area (Å²) < 4.78 is 23.1. The minimum Gasteiger partial charge on any atom is -0.340 e. The topological polar surface area (TPSA) is 57.7 Å². The van der Waals surface area contributed by atoms with Crippen LogP contribution in [0.25, 0.3) is 0 Å². The van der Waals surface area contributed by atoms with Crippen molar-refractivity contribution in [3.05, 3.63) is 0 Å². The predicted molar refractivity (Wildman–Crippen MR) is 74.7 cm³/mol. The Morgan fingerprint density at radius 3 is 2.47 bits per heavy atom. The van der Waals surface area contributed by atoms with Gasteiger partial charge in [-0.15, -0.1) is 0 Å². The van der Waals surface area contributed by atoms with E-state index in [-0.39, 0.29) is 17.6 Å². The average molecular weight is 288 g/mol. The molecule has 0 bridgehead atoms. The van der Waals surface area contributed by atoms with Crippen molar-refractivity contribution >= 4 is 15.7 Å². The van der Waals surface area contributed by atoms with Gasteiger partial charge < -0.3 is 9.80 Å². The quantitative estimate of drug-likeness (QED) is 0.753. The van der Waals surface area contributed by atoms with Crippen LogP contribution in [-0.2, 0) is 14.6 Å². The van der Waals surface area contributed by atoms with Crippen molar-refractivity contribution in [1.29, 1.82) is 0 Å². The van der Waals surface area contributed by atoms with E-state index in [9.17, 15) is 13.2 Å².